The van der Waals surface area contributed by atoms with Crippen LogP contribution < -0.4 is 9.64 Å². The quantitative estimate of drug-likeness (QED) is 0.170. The van der Waals surface area contributed by atoms with Crippen LogP contribution in [0.2, 0.25) is 5.02 Å². The van der Waals surface area contributed by atoms with Crippen LogP contribution in [0.1, 0.15) is 0 Å². The lowest BCUT2D eigenvalue weighted by Gasteiger charge is -2.35. The van der Waals surface area contributed by atoms with E-state index in [9.17, 15) is 0 Å². The molecule has 12 heteroatoms. The van der Waals surface area contributed by atoms with E-state index >= 15 is 0 Å². The number of halogens is 1. The lowest BCUT2D eigenvalue weighted by Crippen LogP contribution is -2.44. The largest absolute Gasteiger partial charge is 0.494 e. The highest BCUT2D eigenvalue weighted by molar-refractivity contribution is 7.14. The van der Waals surface area contributed by atoms with Gasteiger partial charge in [-0.2, -0.15) is 21.5 Å². The van der Waals surface area contributed by atoms with E-state index in [-0.39, 0.29) is 0 Å². The molecule has 0 aliphatic carbocycles. The number of pyridine rings is 2. The molecule has 2 N–H and O–H groups in total. The summed E-state index contributed by atoms with van der Waals surface area (Å²) in [5.41, 5.74) is 11.4. The van der Waals surface area contributed by atoms with Crippen molar-refractivity contribution in [2.24, 2.45) is 0 Å². The summed E-state index contributed by atoms with van der Waals surface area (Å²) < 4.78 is 6.36. The first kappa shape index (κ1) is 30.9. The van der Waals surface area contributed by atoms with E-state index in [1.165, 1.54) is 0 Å². The van der Waals surface area contributed by atoms with Gasteiger partial charge >= 0.3 is 0 Å². The Morgan fingerprint density at radius 3 is 2.20 bits per heavy atom. The summed E-state index contributed by atoms with van der Waals surface area (Å²) in [4.78, 5) is 15.2. The van der Waals surface area contributed by atoms with Gasteiger partial charge in [-0.15, -0.1) is 11.3 Å². The van der Waals surface area contributed by atoms with Crippen molar-refractivity contribution in [2.45, 2.75) is 0 Å². The molecule has 1 aliphatic heterocycles. The SMILES string of the molecule is COc1c(-c2sccc2-c2ccnc3[nH]nc(-c4cccc(Cl)c4)c23)cc(-c2n[nH]c3nccc(-c4ccsc4)c23)cc1N1CCN(C)CC1. The monoisotopic (exact) mass is 714 g/mol. The van der Waals surface area contributed by atoms with Gasteiger partial charge in [0.1, 0.15) is 11.4 Å². The molecule has 0 saturated carbocycles. The van der Waals surface area contributed by atoms with Crippen LogP contribution in [0.5, 0.6) is 5.75 Å². The zero-order chi connectivity index (χ0) is 33.8. The third-order valence-corrected chi connectivity index (χ3v) is 11.3. The van der Waals surface area contributed by atoms with Crippen LogP contribution in [0.15, 0.2) is 89.2 Å². The summed E-state index contributed by atoms with van der Waals surface area (Å²) in [5.74, 6) is 0.839. The molecule has 9 rings (SSSR count). The van der Waals surface area contributed by atoms with Crippen molar-refractivity contribution in [1.82, 2.24) is 35.3 Å². The van der Waals surface area contributed by atoms with Gasteiger partial charge in [-0.25, -0.2) is 9.97 Å². The van der Waals surface area contributed by atoms with Crippen LogP contribution >= 0.6 is 34.3 Å². The number of aromatic amines is 2. The predicted molar refractivity (Wildman–Crippen MR) is 206 cm³/mol. The predicted octanol–water partition coefficient (Wildman–Crippen LogP) is 9.10. The first-order chi connectivity index (χ1) is 24.6. The number of hydrogen-bond acceptors (Lipinski definition) is 9. The third-order valence-electron chi connectivity index (χ3n) is 9.44. The Morgan fingerprint density at radius 1 is 0.740 bits per heavy atom. The molecule has 9 nitrogen and oxygen atoms in total. The molecule has 1 saturated heterocycles. The highest BCUT2D eigenvalue weighted by Crippen LogP contribution is 2.50. The van der Waals surface area contributed by atoms with E-state index in [0.29, 0.717) is 10.7 Å². The summed E-state index contributed by atoms with van der Waals surface area (Å²) >= 11 is 9.80. The molecular formula is C38H31ClN8OS2. The van der Waals surface area contributed by atoms with Crippen molar-refractivity contribution in [3.63, 3.8) is 0 Å². The molecule has 0 amide bonds. The average molecular weight is 715 g/mol. The zero-order valence-corrected chi connectivity index (χ0v) is 29.7. The third kappa shape index (κ3) is 5.25. The van der Waals surface area contributed by atoms with Gasteiger partial charge in [0, 0.05) is 70.7 Å². The topological polar surface area (TPSA) is 98.8 Å². The van der Waals surface area contributed by atoms with Gasteiger partial charge in [0.25, 0.3) is 0 Å². The van der Waals surface area contributed by atoms with Gasteiger partial charge in [-0.05, 0) is 88.4 Å². The van der Waals surface area contributed by atoms with Gasteiger partial charge in [-0.3, -0.25) is 10.2 Å². The number of hydrogen-bond donors (Lipinski definition) is 2. The molecule has 50 heavy (non-hydrogen) atoms. The van der Waals surface area contributed by atoms with E-state index in [2.05, 4.69) is 89.6 Å². The van der Waals surface area contributed by atoms with Gasteiger partial charge in [-0.1, -0.05) is 23.7 Å². The average Bonchev–Trinajstić information content (AvgIpc) is 3.98. The Balaban J connectivity index is 1.28. The minimum Gasteiger partial charge on any atom is -0.494 e. The fourth-order valence-corrected chi connectivity index (χ4v) is 8.75. The number of ether oxygens (including phenoxy) is 1. The summed E-state index contributed by atoms with van der Waals surface area (Å²) in [5, 5.41) is 25.0. The van der Waals surface area contributed by atoms with Gasteiger partial charge in [0.05, 0.1) is 23.6 Å². The molecule has 0 radical (unpaired) electrons. The summed E-state index contributed by atoms with van der Waals surface area (Å²) in [6, 6.07) is 20.7. The maximum absolute atomic E-state index is 6.43. The summed E-state index contributed by atoms with van der Waals surface area (Å²) in [7, 11) is 3.94. The Kier molecular flexibility index (Phi) is 7.84. The number of thiophene rings is 2. The number of rotatable bonds is 7. The first-order valence-electron chi connectivity index (χ1n) is 16.3. The molecule has 0 atom stereocenters. The number of fused-ring (bicyclic) bond motifs is 2. The van der Waals surface area contributed by atoms with Crippen molar-refractivity contribution in [1.29, 1.82) is 0 Å². The number of aromatic nitrogens is 6. The molecule has 1 aliphatic rings. The number of likely N-dealkylation sites (N-methyl/N-ethyl adjacent to an activating group) is 1. The maximum Gasteiger partial charge on any atom is 0.156 e. The van der Waals surface area contributed by atoms with E-state index in [1.54, 1.807) is 29.8 Å². The molecule has 0 spiro atoms. The normalized spacial score (nSPS) is 13.9. The van der Waals surface area contributed by atoms with Crippen molar-refractivity contribution in [3.05, 3.63) is 94.2 Å². The molecule has 6 aromatic heterocycles. The van der Waals surface area contributed by atoms with Crippen LogP contribution in [-0.4, -0.2) is 75.6 Å². The number of anilines is 1. The van der Waals surface area contributed by atoms with Crippen molar-refractivity contribution >= 4 is 62.0 Å². The number of nitrogens with zero attached hydrogens (tertiary/aromatic N) is 6. The Bertz CT molecular complexity index is 2490. The van der Waals surface area contributed by atoms with Crippen molar-refractivity contribution in [2.75, 3.05) is 45.2 Å². The van der Waals surface area contributed by atoms with Crippen molar-refractivity contribution < 1.29 is 4.74 Å². The smallest absolute Gasteiger partial charge is 0.156 e. The Labute approximate surface area is 301 Å². The first-order valence-corrected chi connectivity index (χ1v) is 18.5. The number of piperazine rings is 1. The van der Waals surface area contributed by atoms with Gasteiger partial charge < -0.3 is 14.5 Å². The second kappa shape index (κ2) is 12.7. The minimum absolute atomic E-state index is 0.654. The number of methoxy groups -OCH3 is 1. The van der Waals surface area contributed by atoms with Crippen LogP contribution in [0.25, 0.3) is 77.3 Å². The van der Waals surface area contributed by atoms with E-state index in [0.717, 1.165) is 109 Å². The van der Waals surface area contributed by atoms with Gasteiger partial charge in [0.15, 0.2) is 17.0 Å². The molecule has 7 heterocycles. The Hall–Kier alpha value is -5.07. The van der Waals surface area contributed by atoms with E-state index in [4.69, 9.17) is 26.5 Å². The molecule has 248 valence electrons. The number of H-pyrrole nitrogens is 2. The number of nitrogens with one attached hydrogen (secondary N) is 2. The summed E-state index contributed by atoms with van der Waals surface area (Å²) in [6.45, 7) is 3.71. The molecular weight excluding hydrogens is 684 g/mol. The Morgan fingerprint density at radius 2 is 1.48 bits per heavy atom. The van der Waals surface area contributed by atoms with Crippen LogP contribution in [0.3, 0.4) is 0 Å². The lowest BCUT2D eigenvalue weighted by molar-refractivity contribution is 0.311. The zero-order valence-electron chi connectivity index (χ0n) is 27.3. The molecule has 0 bridgehead atoms. The van der Waals surface area contributed by atoms with Gasteiger partial charge in [0.2, 0.25) is 0 Å². The highest BCUT2D eigenvalue weighted by Gasteiger charge is 2.27. The lowest BCUT2D eigenvalue weighted by atomic mass is 9.95. The fraction of sp³-hybridized carbons (Fsp3) is 0.158. The molecule has 0 unspecified atom stereocenters. The minimum atomic E-state index is 0.654. The molecule has 1 fully saturated rings. The molecule has 8 aromatic rings. The van der Waals surface area contributed by atoms with Crippen molar-refractivity contribution in [3.8, 4) is 61.0 Å². The van der Waals surface area contributed by atoms with Crippen LogP contribution in [-0.2, 0) is 0 Å². The van der Waals surface area contributed by atoms with E-state index < -0.39 is 0 Å². The standard InChI is InChI=1S/C38H31ClN8OS2/c1-46-12-14-47(15-13-46)30-20-24(34-31-26(23-8-16-49-21-23)6-10-40-37(31)44-43-34)19-29(35(30)48-2)36-28(9-17-50-36)27-7-11-41-38-32(27)33(42-45-38)22-4-3-5-25(39)18-22/h3-11,16-21H,12-15H2,1-2H3,(H,40,43,44)(H,41,42,45). The maximum atomic E-state index is 6.43. The second-order valence-corrected chi connectivity index (χ2v) is 14.5. The van der Waals surface area contributed by atoms with E-state index in [1.807, 2.05) is 36.7 Å². The second-order valence-electron chi connectivity index (χ2n) is 12.4. The molecule has 2 aromatic carbocycles. The van der Waals surface area contributed by atoms with Crippen LogP contribution in [0, 0.1) is 0 Å². The number of benzene rings is 2. The highest BCUT2D eigenvalue weighted by atomic mass is 35.5. The van der Waals surface area contributed by atoms with Crippen LogP contribution in [0.4, 0.5) is 5.69 Å². The fourth-order valence-electron chi connectivity index (χ4n) is 6.98. The summed E-state index contributed by atoms with van der Waals surface area (Å²) in [6.07, 6.45) is 3.67.